The fraction of sp³-hybridized carbons (Fsp3) is 0. The average molecular weight is 332 g/mol. The largest absolute Gasteiger partial charge is 0.508 e. The molecule has 122 valence electrons. The summed E-state index contributed by atoms with van der Waals surface area (Å²) in [6.45, 7) is 0. The molecule has 3 aromatic rings. The van der Waals surface area contributed by atoms with Gasteiger partial charge in [-0.2, -0.15) is 0 Å². The molecule has 5 nitrogen and oxygen atoms in total. The monoisotopic (exact) mass is 332 g/mol. The van der Waals surface area contributed by atoms with Crippen LogP contribution < -0.4 is 0 Å². The highest BCUT2D eigenvalue weighted by Gasteiger charge is 2.34. The molecule has 1 aliphatic rings. The van der Waals surface area contributed by atoms with Crippen molar-refractivity contribution in [3.63, 3.8) is 0 Å². The van der Waals surface area contributed by atoms with Crippen molar-refractivity contribution in [2.24, 2.45) is 0 Å². The van der Waals surface area contributed by atoms with Crippen molar-refractivity contribution < 1.29 is 24.9 Å². The molecule has 1 aliphatic carbocycles. The zero-order valence-corrected chi connectivity index (χ0v) is 12.9. The first kappa shape index (κ1) is 15.0. The van der Waals surface area contributed by atoms with Gasteiger partial charge in [0.25, 0.3) is 0 Å². The third kappa shape index (κ3) is 2.10. The molecule has 0 heterocycles. The molecule has 0 unspecified atom stereocenters. The van der Waals surface area contributed by atoms with Crippen LogP contribution in [0.5, 0.6) is 17.2 Å². The van der Waals surface area contributed by atoms with E-state index in [4.69, 9.17) is 0 Å². The number of ketones is 2. The molecule has 25 heavy (non-hydrogen) atoms. The van der Waals surface area contributed by atoms with Crippen LogP contribution in [0.2, 0.25) is 0 Å². The van der Waals surface area contributed by atoms with Gasteiger partial charge in [0.05, 0.1) is 5.56 Å². The second-order valence-electron chi connectivity index (χ2n) is 5.79. The molecule has 0 fully saturated rings. The van der Waals surface area contributed by atoms with Gasteiger partial charge >= 0.3 is 0 Å². The minimum atomic E-state index is -0.617. The number of phenolic OH excluding ortho intramolecular Hbond substituents is 3. The highest BCUT2D eigenvalue weighted by Crippen LogP contribution is 2.44. The van der Waals surface area contributed by atoms with Gasteiger partial charge in [0.2, 0.25) is 0 Å². The Balaban J connectivity index is 1.99. The first-order valence-corrected chi connectivity index (χ1v) is 7.56. The van der Waals surface area contributed by atoms with Gasteiger partial charge in [0.15, 0.2) is 23.1 Å². The van der Waals surface area contributed by atoms with E-state index in [0.29, 0.717) is 5.56 Å². The number of rotatable bonds is 1. The second-order valence-corrected chi connectivity index (χ2v) is 5.79. The van der Waals surface area contributed by atoms with Gasteiger partial charge in [-0.25, -0.2) is 0 Å². The predicted octanol–water partition coefficient (Wildman–Crippen LogP) is 3.25. The molecule has 5 heteroatoms. The number of aromatic hydroxyl groups is 3. The molecule has 0 bridgehead atoms. The van der Waals surface area contributed by atoms with E-state index in [2.05, 4.69) is 0 Å². The van der Waals surface area contributed by atoms with Crippen molar-refractivity contribution in [3.8, 4) is 28.4 Å². The second kappa shape index (κ2) is 5.21. The van der Waals surface area contributed by atoms with Crippen LogP contribution in [0.1, 0.15) is 31.8 Å². The summed E-state index contributed by atoms with van der Waals surface area (Å²) in [6.07, 6.45) is 0. The Morgan fingerprint density at radius 3 is 1.84 bits per heavy atom. The molecule has 0 aromatic heterocycles. The molecule has 0 spiro atoms. The summed E-state index contributed by atoms with van der Waals surface area (Å²) >= 11 is 0. The number of carbonyl (C=O) groups is 2. The lowest BCUT2D eigenvalue weighted by Gasteiger charge is -2.20. The van der Waals surface area contributed by atoms with E-state index in [1.165, 1.54) is 24.3 Å². The smallest absolute Gasteiger partial charge is 0.198 e. The van der Waals surface area contributed by atoms with Gasteiger partial charge in [-0.1, -0.05) is 36.4 Å². The third-order valence-electron chi connectivity index (χ3n) is 4.34. The number of hydrogen-bond acceptors (Lipinski definition) is 5. The number of phenols is 3. The molecule has 0 radical (unpaired) electrons. The summed E-state index contributed by atoms with van der Waals surface area (Å²) < 4.78 is 0. The highest BCUT2D eigenvalue weighted by molar-refractivity contribution is 6.30. The van der Waals surface area contributed by atoms with Crippen molar-refractivity contribution in [1.29, 1.82) is 0 Å². The lowest BCUT2D eigenvalue weighted by molar-refractivity contribution is 0.0976. The molecule has 3 N–H and O–H groups in total. The topological polar surface area (TPSA) is 94.8 Å². The lowest BCUT2D eigenvalue weighted by atomic mass is 9.82. The van der Waals surface area contributed by atoms with Gasteiger partial charge in [0.1, 0.15) is 5.75 Å². The Morgan fingerprint density at radius 1 is 0.600 bits per heavy atom. The number of fused-ring (bicyclic) bond motifs is 2. The molecule has 0 atom stereocenters. The highest BCUT2D eigenvalue weighted by atomic mass is 16.3. The standard InChI is InChI=1S/C20H12O5/c21-11-7-5-10(6-8-11)14-9-15-16(20(25)19(14)24)18(23)13-4-2-1-3-12(13)17(15)22/h1-9,21,24-25H. The van der Waals surface area contributed by atoms with Crippen LogP contribution in [0.15, 0.2) is 54.6 Å². The Hall–Kier alpha value is -3.60. The van der Waals surface area contributed by atoms with Crippen LogP contribution in [0.4, 0.5) is 0 Å². The quantitative estimate of drug-likeness (QED) is 0.465. The number of benzene rings is 3. The maximum Gasteiger partial charge on any atom is 0.198 e. The first-order chi connectivity index (χ1) is 12.0. The zero-order valence-electron chi connectivity index (χ0n) is 12.9. The van der Waals surface area contributed by atoms with Gasteiger partial charge in [-0.15, -0.1) is 0 Å². The molecular formula is C20H12O5. The van der Waals surface area contributed by atoms with Crippen molar-refractivity contribution in [2.45, 2.75) is 0 Å². The van der Waals surface area contributed by atoms with Crippen LogP contribution in [0.25, 0.3) is 11.1 Å². The molecular weight excluding hydrogens is 320 g/mol. The molecule has 0 saturated heterocycles. The number of hydrogen-bond donors (Lipinski definition) is 3. The lowest BCUT2D eigenvalue weighted by Crippen LogP contribution is -2.21. The summed E-state index contributed by atoms with van der Waals surface area (Å²) in [5, 5.41) is 30.1. The molecule has 3 aromatic carbocycles. The van der Waals surface area contributed by atoms with Crippen molar-refractivity contribution >= 4 is 11.6 Å². The Bertz CT molecular complexity index is 1050. The third-order valence-corrected chi connectivity index (χ3v) is 4.34. The molecule has 0 saturated carbocycles. The normalized spacial score (nSPS) is 12.6. The minimum Gasteiger partial charge on any atom is -0.508 e. The van der Waals surface area contributed by atoms with Crippen LogP contribution in [0, 0.1) is 0 Å². The van der Waals surface area contributed by atoms with E-state index in [9.17, 15) is 24.9 Å². The summed E-state index contributed by atoms with van der Waals surface area (Å²) in [6, 6.07) is 13.7. The van der Waals surface area contributed by atoms with Crippen molar-refractivity contribution in [2.75, 3.05) is 0 Å². The average Bonchev–Trinajstić information content (AvgIpc) is 2.63. The fourth-order valence-corrected chi connectivity index (χ4v) is 3.09. The van der Waals surface area contributed by atoms with Gasteiger partial charge in [-0.05, 0) is 23.8 Å². The van der Waals surface area contributed by atoms with E-state index in [1.807, 2.05) is 0 Å². The van der Waals surface area contributed by atoms with E-state index in [0.717, 1.165) is 0 Å². The Morgan fingerprint density at radius 2 is 1.20 bits per heavy atom. The van der Waals surface area contributed by atoms with Crippen LogP contribution >= 0.6 is 0 Å². The summed E-state index contributed by atoms with van der Waals surface area (Å²) in [7, 11) is 0. The van der Waals surface area contributed by atoms with E-state index in [1.54, 1.807) is 30.3 Å². The van der Waals surface area contributed by atoms with Crippen molar-refractivity contribution in [3.05, 3.63) is 76.9 Å². The van der Waals surface area contributed by atoms with Crippen molar-refractivity contribution in [1.82, 2.24) is 0 Å². The molecule has 4 rings (SSSR count). The Labute approximate surface area is 142 Å². The zero-order chi connectivity index (χ0) is 17.7. The van der Waals surface area contributed by atoms with E-state index in [-0.39, 0.29) is 39.4 Å². The summed E-state index contributed by atoms with van der Waals surface area (Å²) in [5.74, 6) is -1.94. The predicted molar refractivity (Wildman–Crippen MR) is 90.2 cm³/mol. The van der Waals surface area contributed by atoms with Gasteiger partial charge < -0.3 is 15.3 Å². The molecule has 0 aliphatic heterocycles. The SMILES string of the molecule is O=C1c2ccccc2C(=O)c2c1cc(-c1ccc(O)cc1)c(O)c2O. The van der Waals surface area contributed by atoms with Crippen LogP contribution in [0.3, 0.4) is 0 Å². The minimum absolute atomic E-state index is 0.0436. The maximum absolute atomic E-state index is 12.8. The number of carbonyl (C=O) groups excluding carboxylic acids is 2. The first-order valence-electron chi connectivity index (χ1n) is 7.56. The fourth-order valence-electron chi connectivity index (χ4n) is 3.09. The Kier molecular flexibility index (Phi) is 3.12. The van der Waals surface area contributed by atoms with Crippen LogP contribution in [-0.2, 0) is 0 Å². The van der Waals surface area contributed by atoms with E-state index < -0.39 is 17.3 Å². The van der Waals surface area contributed by atoms with Crippen LogP contribution in [-0.4, -0.2) is 26.9 Å². The van der Waals surface area contributed by atoms with E-state index >= 15 is 0 Å². The summed E-state index contributed by atoms with van der Waals surface area (Å²) in [4.78, 5) is 25.4. The maximum atomic E-state index is 12.8. The van der Waals surface area contributed by atoms with Gasteiger partial charge in [-0.3, -0.25) is 9.59 Å². The van der Waals surface area contributed by atoms with Gasteiger partial charge in [0, 0.05) is 22.3 Å². The molecule has 0 amide bonds. The summed E-state index contributed by atoms with van der Waals surface area (Å²) in [5.41, 5.74) is 1.02.